The third-order valence-corrected chi connectivity index (χ3v) is 6.67. The van der Waals surface area contributed by atoms with E-state index < -0.39 is 11.4 Å². The van der Waals surface area contributed by atoms with Crippen LogP contribution in [0, 0.1) is 13.8 Å². The summed E-state index contributed by atoms with van der Waals surface area (Å²) in [5, 5.41) is 11.0. The van der Waals surface area contributed by atoms with Gasteiger partial charge in [-0.1, -0.05) is 0 Å². The van der Waals surface area contributed by atoms with E-state index in [1.54, 1.807) is 18.4 Å². The number of aromatic nitrogens is 2. The first-order valence-electron chi connectivity index (χ1n) is 8.83. The van der Waals surface area contributed by atoms with Gasteiger partial charge in [-0.15, -0.1) is 11.3 Å². The average Bonchev–Trinajstić information content (AvgIpc) is 3.29. The minimum atomic E-state index is -1.18. The van der Waals surface area contributed by atoms with Gasteiger partial charge in [0.25, 0.3) is 0 Å². The number of carboxylic acids is 1. The molecule has 0 radical (unpaired) electrons. The van der Waals surface area contributed by atoms with Crippen LogP contribution < -0.4 is 10.2 Å². The van der Waals surface area contributed by atoms with Gasteiger partial charge >= 0.3 is 5.97 Å². The number of aryl methyl sites for hydroxylation is 2. The van der Waals surface area contributed by atoms with Crippen LogP contribution in [0.1, 0.15) is 40.4 Å². The first-order chi connectivity index (χ1) is 12.9. The number of rotatable bonds is 3. The van der Waals surface area contributed by atoms with Crippen molar-refractivity contribution in [2.45, 2.75) is 32.7 Å². The number of ether oxygens (including phenoxy) is 1. The number of hydrogen-bond donors (Lipinski definition) is 2. The van der Waals surface area contributed by atoms with E-state index in [0.717, 1.165) is 55.7 Å². The lowest BCUT2D eigenvalue weighted by Crippen LogP contribution is -2.17. The van der Waals surface area contributed by atoms with Crippen molar-refractivity contribution in [2.75, 3.05) is 7.11 Å². The Kier molecular flexibility index (Phi) is 3.25. The lowest BCUT2D eigenvalue weighted by Gasteiger charge is -2.10. The van der Waals surface area contributed by atoms with Crippen molar-refractivity contribution < 1.29 is 14.6 Å². The zero-order chi connectivity index (χ0) is 19.0. The fraction of sp³-hybridized carbons (Fsp3) is 0.300. The Morgan fingerprint density at radius 3 is 2.70 bits per heavy atom. The van der Waals surface area contributed by atoms with E-state index in [2.05, 4.69) is 11.1 Å². The van der Waals surface area contributed by atoms with Gasteiger partial charge in [0.1, 0.15) is 16.1 Å². The largest absolute Gasteiger partial charge is 0.496 e. The highest BCUT2D eigenvalue weighted by Gasteiger charge is 2.29. The fourth-order valence-corrected chi connectivity index (χ4v) is 5.36. The molecule has 1 aliphatic rings. The lowest BCUT2D eigenvalue weighted by molar-refractivity contribution is 0.0695. The zero-order valence-electron chi connectivity index (χ0n) is 15.2. The molecule has 1 aromatic carbocycles. The average molecular weight is 382 g/mol. The molecule has 4 aromatic rings. The summed E-state index contributed by atoms with van der Waals surface area (Å²) < 4.78 is 8.49. The van der Waals surface area contributed by atoms with Crippen LogP contribution in [-0.4, -0.2) is 27.7 Å². The number of thiophene rings is 1. The molecule has 0 atom stereocenters. The van der Waals surface area contributed by atoms with E-state index in [-0.39, 0.29) is 11.6 Å². The molecule has 1 fully saturated rings. The SMILES string of the molecule is COc1c(C)cc2c([nH]c3c2sc2c3c(=O)c(C(=O)O)cn2C2CC2)c1C. The predicted molar refractivity (Wildman–Crippen MR) is 107 cm³/mol. The van der Waals surface area contributed by atoms with Gasteiger partial charge in [-0.05, 0) is 38.3 Å². The third-order valence-electron chi connectivity index (χ3n) is 5.44. The van der Waals surface area contributed by atoms with Crippen molar-refractivity contribution in [3.63, 3.8) is 0 Å². The highest BCUT2D eigenvalue weighted by atomic mass is 32.1. The molecule has 7 heteroatoms. The Morgan fingerprint density at radius 1 is 1.33 bits per heavy atom. The number of methoxy groups -OCH3 is 1. The Balaban J connectivity index is 1.98. The number of nitrogens with zero attached hydrogens (tertiary/aromatic N) is 1. The maximum absolute atomic E-state index is 13.0. The van der Waals surface area contributed by atoms with Gasteiger partial charge < -0.3 is 19.4 Å². The molecule has 3 aromatic heterocycles. The van der Waals surface area contributed by atoms with Gasteiger partial charge in [-0.25, -0.2) is 4.79 Å². The second-order valence-corrected chi connectivity index (χ2v) is 8.20. The van der Waals surface area contributed by atoms with Crippen LogP contribution in [0.4, 0.5) is 0 Å². The molecule has 6 nitrogen and oxygen atoms in total. The summed E-state index contributed by atoms with van der Waals surface area (Å²) >= 11 is 1.56. The number of benzene rings is 1. The van der Waals surface area contributed by atoms with Crippen molar-refractivity contribution in [3.05, 3.63) is 39.2 Å². The van der Waals surface area contributed by atoms with Crippen LogP contribution >= 0.6 is 11.3 Å². The molecule has 138 valence electrons. The topological polar surface area (TPSA) is 84.3 Å². The van der Waals surface area contributed by atoms with Crippen molar-refractivity contribution >= 4 is 48.6 Å². The minimum Gasteiger partial charge on any atom is -0.496 e. The standard InChI is InChI=1S/C20H18N2O4S/c1-8-6-11-14(9(2)17(8)26-3)21-15-13-16(23)12(20(24)25)7-22(10-4-5-10)19(13)27-18(11)15/h6-7,10,21H,4-5H2,1-3H3,(H,24,25). The molecule has 0 unspecified atom stereocenters. The summed E-state index contributed by atoms with van der Waals surface area (Å²) in [7, 11) is 1.65. The minimum absolute atomic E-state index is 0.168. The van der Waals surface area contributed by atoms with E-state index in [4.69, 9.17) is 4.74 Å². The zero-order valence-corrected chi connectivity index (χ0v) is 16.0. The molecule has 0 spiro atoms. The number of aromatic amines is 1. The molecule has 3 heterocycles. The number of H-pyrrole nitrogens is 1. The Labute approximate surface area is 158 Å². The van der Waals surface area contributed by atoms with Gasteiger partial charge in [0.05, 0.1) is 28.2 Å². The number of carbonyl (C=O) groups is 1. The summed E-state index contributed by atoms with van der Waals surface area (Å²) in [6.07, 6.45) is 3.54. The fourth-order valence-electron chi connectivity index (χ4n) is 4.03. The molecule has 0 bridgehead atoms. The second kappa shape index (κ2) is 5.36. The summed E-state index contributed by atoms with van der Waals surface area (Å²) in [6.45, 7) is 3.99. The van der Waals surface area contributed by atoms with Gasteiger partial charge in [0.2, 0.25) is 5.43 Å². The number of pyridine rings is 1. The maximum atomic E-state index is 13.0. The molecule has 1 saturated carbocycles. The van der Waals surface area contributed by atoms with Crippen LogP contribution in [0.25, 0.3) is 31.3 Å². The molecule has 0 saturated heterocycles. The highest BCUT2D eigenvalue weighted by Crippen LogP contribution is 2.44. The van der Waals surface area contributed by atoms with Crippen molar-refractivity contribution in [1.82, 2.24) is 9.55 Å². The summed E-state index contributed by atoms with van der Waals surface area (Å²) in [6, 6.07) is 2.35. The third kappa shape index (κ3) is 2.12. The number of carboxylic acid groups (broad SMARTS) is 1. The van der Waals surface area contributed by atoms with E-state index >= 15 is 0 Å². The summed E-state index contributed by atoms with van der Waals surface area (Å²) in [5.74, 6) is -0.359. The predicted octanol–water partition coefficient (Wildman–Crippen LogP) is 4.36. The number of nitrogens with one attached hydrogen (secondary N) is 1. The molecule has 0 amide bonds. The summed E-state index contributed by atoms with van der Waals surface area (Å²) in [5.41, 5.74) is 3.08. The normalized spacial score (nSPS) is 14.5. The quantitative estimate of drug-likeness (QED) is 0.551. The second-order valence-electron chi connectivity index (χ2n) is 7.20. The first kappa shape index (κ1) is 16.4. The van der Waals surface area contributed by atoms with Crippen molar-refractivity contribution in [1.29, 1.82) is 0 Å². The van der Waals surface area contributed by atoms with Gasteiger partial charge in [0, 0.05) is 23.2 Å². The first-order valence-corrected chi connectivity index (χ1v) is 9.64. The molecule has 0 aliphatic heterocycles. The van der Waals surface area contributed by atoms with Crippen molar-refractivity contribution in [2.24, 2.45) is 0 Å². The van der Waals surface area contributed by atoms with Crippen LogP contribution in [0.3, 0.4) is 0 Å². The van der Waals surface area contributed by atoms with Crippen molar-refractivity contribution in [3.8, 4) is 5.75 Å². The lowest BCUT2D eigenvalue weighted by atomic mass is 10.1. The number of aromatic carboxylic acids is 1. The van der Waals surface area contributed by atoms with Gasteiger partial charge in [-0.2, -0.15) is 0 Å². The van der Waals surface area contributed by atoms with Crippen LogP contribution in [0.2, 0.25) is 0 Å². The molecule has 2 N–H and O–H groups in total. The number of hydrogen-bond acceptors (Lipinski definition) is 4. The van der Waals surface area contributed by atoms with E-state index in [0.29, 0.717) is 5.39 Å². The summed E-state index contributed by atoms with van der Waals surface area (Å²) in [4.78, 5) is 28.8. The van der Waals surface area contributed by atoms with Crippen LogP contribution in [-0.2, 0) is 0 Å². The Hall–Kier alpha value is -2.80. The molecular weight excluding hydrogens is 364 g/mol. The van der Waals surface area contributed by atoms with E-state index in [1.807, 2.05) is 18.4 Å². The highest BCUT2D eigenvalue weighted by molar-refractivity contribution is 7.26. The van der Waals surface area contributed by atoms with Crippen LogP contribution in [0.15, 0.2) is 17.1 Å². The molecule has 5 rings (SSSR count). The Bertz CT molecular complexity index is 1340. The van der Waals surface area contributed by atoms with Gasteiger partial charge in [0.15, 0.2) is 0 Å². The van der Waals surface area contributed by atoms with E-state index in [1.165, 1.54) is 6.20 Å². The number of fused-ring (bicyclic) bond motifs is 5. The smallest absolute Gasteiger partial charge is 0.341 e. The Morgan fingerprint density at radius 2 is 2.07 bits per heavy atom. The van der Waals surface area contributed by atoms with Gasteiger partial charge in [-0.3, -0.25) is 4.79 Å². The molecule has 27 heavy (non-hydrogen) atoms. The maximum Gasteiger partial charge on any atom is 0.341 e. The van der Waals surface area contributed by atoms with E-state index in [9.17, 15) is 14.7 Å². The molecular formula is C20H18N2O4S. The van der Waals surface area contributed by atoms with Crippen LogP contribution in [0.5, 0.6) is 5.75 Å². The monoisotopic (exact) mass is 382 g/mol. The molecule has 1 aliphatic carbocycles.